The van der Waals surface area contributed by atoms with Crippen molar-refractivity contribution in [2.75, 3.05) is 11.9 Å². The Morgan fingerprint density at radius 3 is 3.00 bits per heavy atom. The minimum Gasteiger partial charge on any atom is -0.344 e. The molecule has 0 spiro atoms. The van der Waals surface area contributed by atoms with E-state index in [-0.39, 0.29) is 0 Å². The molecule has 2 aromatic rings. The first-order valence-corrected chi connectivity index (χ1v) is 5.77. The SMILES string of the molecule is CCc1csc(N(C)Cc2noc(=O)[nH]2)n1. The van der Waals surface area contributed by atoms with E-state index >= 15 is 0 Å². The Bertz CT molecular complexity index is 515. The lowest BCUT2D eigenvalue weighted by Crippen LogP contribution is -2.17. The van der Waals surface area contributed by atoms with Crippen LogP contribution in [0.2, 0.25) is 0 Å². The highest BCUT2D eigenvalue weighted by Gasteiger charge is 2.09. The molecule has 0 saturated heterocycles. The van der Waals surface area contributed by atoms with Gasteiger partial charge in [0.2, 0.25) is 0 Å². The molecule has 0 aliphatic carbocycles. The first-order chi connectivity index (χ1) is 7.69. The molecule has 6 nitrogen and oxygen atoms in total. The van der Waals surface area contributed by atoms with Gasteiger partial charge < -0.3 is 4.90 Å². The minimum absolute atomic E-state index is 0.475. The zero-order chi connectivity index (χ0) is 11.5. The highest BCUT2D eigenvalue weighted by atomic mass is 32.1. The first-order valence-electron chi connectivity index (χ1n) is 4.89. The quantitative estimate of drug-likeness (QED) is 0.863. The van der Waals surface area contributed by atoms with Crippen molar-refractivity contribution in [2.24, 2.45) is 0 Å². The number of anilines is 1. The van der Waals surface area contributed by atoms with Crippen LogP contribution in [-0.2, 0) is 13.0 Å². The van der Waals surface area contributed by atoms with Crippen molar-refractivity contribution in [2.45, 2.75) is 19.9 Å². The largest absolute Gasteiger partial charge is 0.438 e. The summed E-state index contributed by atoms with van der Waals surface area (Å²) in [6.45, 7) is 2.54. The van der Waals surface area contributed by atoms with Gasteiger partial charge in [0.15, 0.2) is 11.0 Å². The van der Waals surface area contributed by atoms with Gasteiger partial charge in [0.25, 0.3) is 0 Å². The number of hydrogen-bond acceptors (Lipinski definition) is 6. The number of aromatic amines is 1. The Morgan fingerprint density at radius 2 is 2.44 bits per heavy atom. The Morgan fingerprint density at radius 1 is 1.62 bits per heavy atom. The van der Waals surface area contributed by atoms with Crippen LogP contribution in [0.15, 0.2) is 14.7 Å². The smallest absolute Gasteiger partial charge is 0.344 e. The number of rotatable bonds is 4. The Balaban J connectivity index is 2.07. The molecule has 0 atom stereocenters. The van der Waals surface area contributed by atoms with Crippen LogP contribution in [0.4, 0.5) is 5.13 Å². The van der Waals surface area contributed by atoms with Crippen LogP contribution in [0.5, 0.6) is 0 Å². The number of aryl methyl sites for hydroxylation is 1. The van der Waals surface area contributed by atoms with Gasteiger partial charge in [-0.15, -0.1) is 11.3 Å². The van der Waals surface area contributed by atoms with Gasteiger partial charge in [-0.25, -0.2) is 9.78 Å². The fraction of sp³-hybridized carbons (Fsp3) is 0.444. The number of nitrogens with one attached hydrogen (secondary N) is 1. The molecular formula is C9H12N4O2S. The maximum Gasteiger partial charge on any atom is 0.438 e. The average molecular weight is 240 g/mol. The summed E-state index contributed by atoms with van der Waals surface area (Å²) in [7, 11) is 1.89. The first kappa shape index (κ1) is 10.9. The van der Waals surface area contributed by atoms with Crippen LogP contribution in [-0.4, -0.2) is 22.2 Å². The van der Waals surface area contributed by atoms with E-state index in [9.17, 15) is 4.79 Å². The normalized spacial score (nSPS) is 10.6. The van der Waals surface area contributed by atoms with Gasteiger partial charge >= 0.3 is 5.76 Å². The summed E-state index contributed by atoms with van der Waals surface area (Å²) in [5.41, 5.74) is 1.07. The topological polar surface area (TPSA) is 75.0 Å². The molecule has 2 heterocycles. The molecule has 86 valence electrons. The number of hydrogen-bond donors (Lipinski definition) is 1. The van der Waals surface area contributed by atoms with Gasteiger partial charge in [-0.1, -0.05) is 12.1 Å². The maximum absolute atomic E-state index is 10.7. The summed E-state index contributed by atoms with van der Waals surface area (Å²) < 4.78 is 4.42. The third-order valence-corrected chi connectivity index (χ3v) is 3.10. The van der Waals surface area contributed by atoms with Crippen LogP contribution in [0, 0.1) is 0 Å². The molecule has 0 aliphatic heterocycles. The van der Waals surface area contributed by atoms with E-state index in [1.54, 1.807) is 11.3 Å². The molecule has 0 saturated carbocycles. The summed E-state index contributed by atoms with van der Waals surface area (Å²) >= 11 is 1.57. The van der Waals surface area contributed by atoms with Gasteiger partial charge in [0.05, 0.1) is 12.2 Å². The van der Waals surface area contributed by atoms with Crippen molar-refractivity contribution in [3.8, 4) is 0 Å². The third-order valence-electron chi connectivity index (χ3n) is 2.10. The molecule has 0 radical (unpaired) electrons. The zero-order valence-corrected chi connectivity index (χ0v) is 9.87. The molecule has 0 aromatic carbocycles. The van der Waals surface area contributed by atoms with Crippen molar-refractivity contribution >= 4 is 16.5 Å². The summed E-state index contributed by atoms with van der Waals surface area (Å²) in [5.74, 6) is -0.0301. The van der Waals surface area contributed by atoms with E-state index in [0.717, 1.165) is 17.2 Å². The fourth-order valence-electron chi connectivity index (χ4n) is 1.25. The lowest BCUT2D eigenvalue weighted by atomic mass is 10.4. The maximum atomic E-state index is 10.7. The number of H-pyrrole nitrogens is 1. The summed E-state index contributed by atoms with van der Waals surface area (Å²) in [6, 6.07) is 0. The molecule has 1 N–H and O–H groups in total. The Hall–Kier alpha value is -1.63. The van der Waals surface area contributed by atoms with Crippen LogP contribution < -0.4 is 10.7 Å². The second-order valence-electron chi connectivity index (χ2n) is 3.37. The molecule has 16 heavy (non-hydrogen) atoms. The molecular weight excluding hydrogens is 228 g/mol. The molecule has 2 aromatic heterocycles. The summed E-state index contributed by atoms with van der Waals surface area (Å²) in [6.07, 6.45) is 0.922. The van der Waals surface area contributed by atoms with Crippen LogP contribution in [0.3, 0.4) is 0 Å². The Kier molecular flexibility index (Phi) is 3.04. The van der Waals surface area contributed by atoms with Crippen LogP contribution in [0.25, 0.3) is 0 Å². The van der Waals surface area contributed by atoms with Crippen molar-refractivity contribution in [3.63, 3.8) is 0 Å². The highest BCUT2D eigenvalue weighted by Crippen LogP contribution is 2.20. The van der Waals surface area contributed by atoms with Crippen molar-refractivity contribution in [1.82, 2.24) is 15.1 Å². The van der Waals surface area contributed by atoms with Gasteiger partial charge in [-0.05, 0) is 6.42 Å². The number of thiazole rings is 1. The van der Waals surface area contributed by atoms with E-state index in [1.807, 2.05) is 17.3 Å². The van der Waals surface area contributed by atoms with Crippen molar-refractivity contribution in [1.29, 1.82) is 0 Å². The molecule has 0 unspecified atom stereocenters. The summed E-state index contributed by atoms with van der Waals surface area (Å²) in [4.78, 5) is 19.6. The molecule has 2 rings (SSSR count). The van der Waals surface area contributed by atoms with Crippen molar-refractivity contribution < 1.29 is 4.52 Å². The second-order valence-corrected chi connectivity index (χ2v) is 4.21. The van der Waals surface area contributed by atoms with E-state index in [4.69, 9.17) is 0 Å². The second kappa shape index (κ2) is 4.48. The fourth-order valence-corrected chi connectivity index (χ4v) is 2.13. The Labute approximate surface area is 95.9 Å². The van der Waals surface area contributed by atoms with Crippen molar-refractivity contribution in [3.05, 3.63) is 27.4 Å². The monoisotopic (exact) mass is 240 g/mol. The number of aromatic nitrogens is 3. The van der Waals surface area contributed by atoms with Gasteiger partial charge in [0, 0.05) is 12.4 Å². The van der Waals surface area contributed by atoms with E-state index in [2.05, 4.69) is 26.6 Å². The zero-order valence-electron chi connectivity index (χ0n) is 9.06. The minimum atomic E-state index is -0.531. The van der Waals surface area contributed by atoms with Crippen LogP contribution >= 0.6 is 11.3 Å². The lowest BCUT2D eigenvalue weighted by Gasteiger charge is -2.12. The molecule has 0 fully saturated rings. The molecule has 0 amide bonds. The third kappa shape index (κ3) is 2.30. The summed E-state index contributed by atoms with van der Waals surface area (Å²) in [5, 5.41) is 6.53. The molecule has 7 heteroatoms. The number of nitrogens with zero attached hydrogens (tertiary/aromatic N) is 3. The lowest BCUT2D eigenvalue weighted by molar-refractivity contribution is 0.381. The predicted molar refractivity (Wildman–Crippen MR) is 60.7 cm³/mol. The van der Waals surface area contributed by atoms with Gasteiger partial charge in [0.1, 0.15) is 0 Å². The van der Waals surface area contributed by atoms with E-state index in [0.29, 0.717) is 12.4 Å². The van der Waals surface area contributed by atoms with Gasteiger partial charge in [-0.3, -0.25) is 9.51 Å². The van der Waals surface area contributed by atoms with E-state index in [1.165, 1.54) is 0 Å². The standard InChI is InChI=1S/C9H12N4O2S/c1-3-6-5-16-8(10-6)13(2)4-7-11-9(14)15-12-7/h5H,3-4H2,1-2H3,(H,11,12,14). The molecule has 0 bridgehead atoms. The van der Waals surface area contributed by atoms with E-state index < -0.39 is 5.76 Å². The predicted octanol–water partition coefficient (Wildman–Crippen LogP) is 1.02. The van der Waals surface area contributed by atoms with Gasteiger partial charge in [-0.2, -0.15) is 0 Å². The highest BCUT2D eigenvalue weighted by molar-refractivity contribution is 7.13. The van der Waals surface area contributed by atoms with Crippen LogP contribution in [0.1, 0.15) is 18.4 Å². The molecule has 0 aliphatic rings. The average Bonchev–Trinajstić information content (AvgIpc) is 2.87.